The van der Waals surface area contributed by atoms with Crippen LogP contribution in [0.5, 0.6) is 5.75 Å². The molecule has 30 nitrogen and oxygen atoms in total. The van der Waals surface area contributed by atoms with Crippen LogP contribution in [0.3, 0.4) is 0 Å². The number of hydrogen-bond donors (Lipinski definition) is 18. The predicted octanol–water partition coefficient (Wildman–Crippen LogP) is -2.59. The number of aliphatic carboxylic acids is 1. The molecule has 0 fully saturated rings. The monoisotopic (exact) mass is 1250 g/mol. The van der Waals surface area contributed by atoms with Crippen molar-refractivity contribution in [3.05, 3.63) is 29.8 Å². The van der Waals surface area contributed by atoms with Gasteiger partial charge in [-0.15, -0.1) is 0 Å². The average Bonchev–Trinajstić information content (AvgIpc) is 3.11. The zero-order valence-electron chi connectivity index (χ0n) is 51.6. The molecule has 0 radical (unpaired) electrons. The minimum Gasteiger partial charge on any atom is -0.508 e. The largest absolute Gasteiger partial charge is 0.508 e. The van der Waals surface area contributed by atoms with Gasteiger partial charge in [0, 0.05) is 26.1 Å². The number of phenolic OH excluding ortho intramolecular Hbond substituents is 1. The van der Waals surface area contributed by atoms with Crippen molar-refractivity contribution in [2.24, 2.45) is 78.6 Å². The van der Waals surface area contributed by atoms with Crippen molar-refractivity contribution >= 4 is 82.9 Å². The van der Waals surface area contributed by atoms with Gasteiger partial charge in [0.05, 0.1) is 6.04 Å². The molecule has 10 atom stereocenters. The van der Waals surface area contributed by atoms with Gasteiger partial charge in [-0.05, 0) is 131 Å². The Labute approximate surface area is 515 Å². The van der Waals surface area contributed by atoms with E-state index in [1.54, 1.807) is 27.0 Å². The highest BCUT2D eigenvalue weighted by atomic mass is 32.2. The molecule has 0 aliphatic carbocycles. The van der Waals surface area contributed by atoms with E-state index in [2.05, 4.69) is 57.5 Å². The van der Waals surface area contributed by atoms with Crippen molar-refractivity contribution in [1.82, 2.24) is 42.5 Å². The summed E-state index contributed by atoms with van der Waals surface area (Å²) in [5.41, 5.74) is 45.8. The summed E-state index contributed by atoms with van der Waals surface area (Å²) >= 11 is 1.39. The molecule has 31 heteroatoms. The first-order chi connectivity index (χ1) is 41.0. The van der Waals surface area contributed by atoms with Crippen molar-refractivity contribution in [2.45, 2.75) is 186 Å². The maximum absolute atomic E-state index is 14.7. The molecule has 0 heterocycles. The number of carboxylic acids is 1. The first kappa shape index (κ1) is 77.3. The number of unbranched alkanes of at least 4 members (excludes halogenated alkanes) is 1. The Balaban J connectivity index is 3.86. The second kappa shape index (κ2) is 42.2. The molecule has 1 aromatic rings. The highest BCUT2D eigenvalue weighted by Crippen LogP contribution is 2.16. The van der Waals surface area contributed by atoms with E-state index in [1.807, 2.05) is 20.8 Å². The van der Waals surface area contributed by atoms with Gasteiger partial charge in [0.2, 0.25) is 47.3 Å². The number of nitrogens with zero attached hydrogens (tertiary/aromatic N) is 3. The minimum absolute atomic E-state index is 0.00328. The van der Waals surface area contributed by atoms with Gasteiger partial charge in [0.15, 0.2) is 17.9 Å². The van der Waals surface area contributed by atoms with Crippen LogP contribution in [-0.4, -0.2) is 174 Å². The van der Waals surface area contributed by atoms with Gasteiger partial charge in [-0.25, -0.2) is 4.79 Å². The summed E-state index contributed by atoms with van der Waals surface area (Å²) in [6, 6.07) is -5.66. The van der Waals surface area contributed by atoms with E-state index in [9.17, 15) is 53.4 Å². The van der Waals surface area contributed by atoms with Crippen LogP contribution in [0.1, 0.15) is 131 Å². The Morgan fingerprint density at radius 3 is 1.26 bits per heavy atom. The summed E-state index contributed by atoms with van der Waals surface area (Å²) in [5.74, 6) is -8.46. The second-order valence-electron chi connectivity index (χ2n) is 22.3. The summed E-state index contributed by atoms with van der Waals surface area (Å²) in [4.78, 5) is 138. The van der Waals surface area contributed by atoms with E-state index in [0.717, 1.165) is 0 Å². The summed E-state index contributed by atoms with van der Waals surface area (Å²) in [5, 5.41) is 41.5. The molecule has 0 aromatic heterocycles. The van der Waals surface area contributed by atoms with Crippen LogP contribution in [-0.2, 0) is 49.6 Å². The predicted molar refractivity (Wildman–Crippen MR) is 337 cm³/mol. The van der Waals surface area contributed by atoms with Crippen LogP contribution in [0.4, 0.5) is 0 Å². The highest BCUT2D eigenvalue weighted by molar-refractivity contribution is 7.98. The summed E-state index contributed by atoms with van der Waals surface area (Å²) < 4.78 is 0. The maximum Gasteiger partial charge on any atom is 0.326 e. The Morgan fingerprint density at radius 2 is 0.874 bits per heavy atom. The molecule has 8 amide bonds. The number of carbonyl (C=O) groups is 9. The van der Waals surface area contributed by atoms with Gasteiger partial charge >= 0.3 is 5.97 Å². The van der Waals surface area contributed by atoms with Crippen molar-refractivity contribution in [3.8, 4) is 5.75 Å². The van der Waals surface area contributed by atoms with E-state index in [4.69, 9.17) is 45.9 Å². The molecular formula is C56H101N19O11S. The smallest absolute Gasteiger partial charge is 0.326 e. The van der Waals surface area contributed by atoms with Crippen LogP contribution in [0, 0.1) is 17.8 Å². The fourth-order valence-electron chi connectivity index (χ4n) is 8.82. The normalized spacial score (nSPS) is 14.6. The number of carboxylic acid groups (broad SMARTS) is 1. The van der Waals surface area contributed by atoms with Crippen LogP contribution in [0.25, 0.3) is 0 Å². The van der Waals surface area contributed by atoms with E-state index >= 15 is 0 Å². The molecule has 0 spiro atoms. The molecule has 0 bridgehead atoms. The number of rotatable bonds is 44. The van der Waals surface area contributed by atoms with E-state index in [-0.39, 0.29) is 119 Å². The number of phenols is 1. The van der Waals surface area contributed by atoms with E-state index in [1.165, 1.54) is 36.0 Å². The SMILES string of the molecule is CC[C@H](C)[C@H](NC(=O)[C@@H](N)CC(C)C)C(=O)N[C@@H](Cc1ccc(O)cc1)C(=O)N[C@@H](CCCN=C(N)N)C(=O)N[C@@H](CCCN=C(N)N)C(=O)N[C@@H](CCCN=C(N)N)C(=O)N[C@@H](CC(C)C)C(=O)N[C@@H](CCSC)C(=O)N[C@@H](CCCCN)C(=O)O. The third-order valence-electron chi connectivity index (χ3n) is 13.7. The number of guanidine groups is 3. The molecule has 0 aliphatic heterocycles. The van der Waals surface area contributed by atoms with Gasteiger partial charge in [0.1, 0.15) is 54.1 Å². The number of hydrogen-bond acceptors (Lipinski definition) is 16. The third-order valence-corrected chi connectivity index (χ3v) is 14.4. The molecule has 1 rings (SSSR count). The van der Waals surface area contributed by atoms with Gasteiger partial charge in [-0.3, -0.25) is 53.3 Å². The Morgan fingerprint density at radius 1 is 0.494 bits per heavy atom. The molecule has 0 aliphatic rings. The maximum atomic E-state index is 14.7. The zero-order chi connectivity index (χ0) is 65.8. The molecule has 0 saturated heterocycles. The molecule has 26 N–H and O–H groups in total. The average molecular weight is 1250 g/mol. The number of amides is 8. The Hall–Kier alpha value is -7.67. The lowest BCUT2D eigenvalue weighted by Gasteiger charge is -2.29. The van der Waals surface area contributed by atoms with Gasteiger partial charge < -0.3 is 98.6 Å². The van der Waals surface area contributed by atoms with Crippen LogP contribution in [0.15, 0.2) is 39.2 Å². The topological polar surface area (TPSA) is 536 Å². The number of nitrogens with one attached hydrogen (secondary N) is 8. The number of aliphatic imine (C=N–C) groups is 3. The lowest BCUT2D eigenvalue weighted by atomic mass is 9.96. The standard InChI is InChI=1S/C56H101N19O11S/c1-8-33(6)44(75-45(77)36(58)28-31(2)3)52(84)74-43(30-34-18-20-35(76)21-19-34)51(83)70-38(16-12-25-66-55(61)62)47(79)68-37(15-11-24-65-54(59)60)46(78)69-39(17-13-26-67-56(63)64)48(80)73-42(29-32(4)5)50(82)71-40(22-27-87-7)49(81)72-41(53(85)86)14-9-10-23-57/h18-21,31-33,36-44,76H,8-17,22-30,57-58H2,1-7H3,(H,68,79)(H,69,78)(H,70,83)(H,71,82)(H,72,81)(H,73,80)(H,74,84)(H,75,77)(H,85,86)(H4,59,60,65)(H4,61,62,66)(H4,63,64,67)/t33-,36-,37-,38-,39-,40-,41-,42-,43-,44-/m0/s1. The Kier molecular flexibility index (Phi) is 37.5. The number of carbonyl (C=O) groups excluding carboxylic acids is 8. The minimum atomic E-state index is -1.46. The molecule has 87 heavy (non-hydrogen) atoms. The van der Waals surface area contributed by atoms with E-state index in [0.29, 0.717) is 43.5 Å². The van der Waals surface area contributed by atoms with Crippen molar-refractivity contribution in [3.63, 3.8) is 0 Å². The number of benzene rings is 1. The van der Waals surface area contributed by atoms with Gasteiger partial charge in [-0.2, -0.15) is 11.8 Å². The van der Waals surface area contributed by atoms with Crippen LogP contribution in [0.2, 0.25) is 0 Å². The highest BCUT2D eigenvalue weighted by Gasteiger charge is 2.36. The van der Waals surface area contributed by atoms with Crippen LogP contribution < -0.4 is 88.4 Å². The number of aromatic hydroxyl groups is 1. The molecule has 0 saturated carbocycles. The van der Waals surface area contributed by atoms with Crippen molar-refractivity contribution < 1.29 is 53.4 Å². The quantitative estimate of drug-likeness (QED) is 0.0181. The van der Waals surface area contributed by atoms with Crippen molar-refractivity contribution in [2.75, 3.05) is 38.2 Å². The van der Waals surface area contributed by atoms with E-state index < -0.39 is 114 Å². The van der Waals surface area contributed by atoms with Gasteiger partial charge in [0.25, 0.3) is 0 Å². The van der Waals surface area contributed by atoms with Gasteiger partial charge in [-0.1, -0.05) is 60.1 Å². The molecular weight excluding hydrogens is 1150 g/mol. The fraction of sp³-hybridized carbons (Fsp3) is 0.679. The molecule has 492 valence electrons. The number of thioether (sulfide) groups is 1. The fourth-order valence-corrected chi connectivity index (χ4v) is 9.30. The lowest BCUT2D eigenvalue weighted by molar-refractivity contribution is -0.142. The third kappa shape index (κ3) is 32.6. The number of nitrogens with two attached hydrogens (primary N) is 8. The summed E-state index contributed by atoms with van der Waals surface area (Å²) in [6.07, 6.45) is 3.61. The van der Waals surface area contributed by atoms with Crippen molar-refractivity contribution in [1.29, 1.82) is 0 Å². The first-order valence-corrected chi connectivity index (χ1v) is 31.0. The summed E-state index contributed by atoms with van der Waals surface area (Å²) in [7, 11) is 0. The zero-order valence-corrected chi connectivity index (χ0v) is 52.4. The second-order valence-corrected chi connectivity index (χ2v) is 23.3. The van der Waals surface area contributed by atoms with Crippen LogP contribution >= 0.6 is 11.8 Å². The Bertz CT molecular complexity index is 2420. The lowest BCUT2D eigenvalue weighted by Crippen LogP contribution is -2.61. The summed E-state index contributed by atoms with van der Waals surface area (Å²) in [6.45, 7) is 11.3. The first-order valence-electron chi connectivity index (χ1n) is 29.6. The molecule has 0 unspecified atom stereocenters. The molecule has 1 aromatic carbocycles.